The van der Waals surface area contributed by atoms with Crippen molar-refractivity contribution in [2.75, 3.05) is 28.3 Å². The number of hydrogen-bond acceptors (Lipinski definition) is 6. The van der Waals surface area contributed by atoms with Crippen molar-refractivity contribution >= 4 is 44.0 Å². The lowest BCUT2D eigenvalue weighted by atomic mass is 10.1. The number of nitrogens with one attached hydrogen (secondary N) is 1. The zero-order valence-corrected chi connectivity index (χ0v) is 19.4. The molecular formula is C23H27N3O3S2. The van der Waals surface area contributed by atoms with Crippen LogP contribution < -0.4 is 10.2 Å². The lowest BCUT2D eigenvalue weighted by Crippen LogP contribution is -2.36. The monoisotopic (exact) mass is 457 g/mol. The molecule has 0 radical (unpaired) electrons. The van der Waals surface area contributed by atoms with E-state index in [0.29, 0.717) is 5.17 Å². The van der Waals surface area contributed by atoms with Crippen molar-refractivity contribution in [1.82, 2.24) is 0 Å². The molecule has 0 aromatic heterocycles. The number of sulfone groups is 1. The first-order valence-electron chi connectivity index (χ1n) is 10.6. The summed E-state index contributed by atoms with van der Waals surface area (Å²) in [6.45, 7) is 4.30. The number of hydrogen-bond donors (Lipinski definition) is 1. The molecule has 2 aliphatic heterocycles. The van der Waals surface area contributed by atoms with Gasteiger partial charge >= 0.3 is 0 Å². The van der Waals surface area contributed by atoms with Crippen LogP contribution in [0.4, 0.5) is 11.4 Å². The van der Waals surface area contributed by atoms with Crippen LogP contribution in [-0.2, 0) is 27.5 Å². The Morgan fingerprint density at radius 2 is 1.65 bits per heavy atom. The fourth-order valence-corrected chi connectivity index (χ4v) is 7.60. The Kier molecular flexibility index (Phi) is 6.39. The van der Waals surface area contributed by atoms with Gasteiger partial charge < -0.3 is 10.2 Å². The lowest BCUT2D eigenvalue weighted by Gasteiger charge is -2.24. The van der Waals surface area contributed by atoms with Crippen molar-refractivity contribution in [1.29, 1.82) is 0 Å². The third-order valence-electron chi connectivity index (χ3n) is 5.64. The van der Waals surface area contributed by atoms with Crippen LogP contribution in [0.3, 0.4) is 0 Å². The summed E-state index contributed by atoms with van der Waals surface area (Å²) in [4.78, 5) is 19.5. The van der Waals surface area contributed by atoms with Gasteiger partial charge in [-0.1, -0.05) is 49.9 Å². The highest BCUT2D eigenvalue weighted by molar-refractivity contribution is 8.15. The molecule has 0 unspecified atom stereocenters. The Morgan fingerprint density at radius 1 is 1.03 bits per heavy atom. The number of aliphatic imine (C=N–C) groups is 1. The summed E-state index contributed by atoms with van der Waals surface area (Å²) in [6, 6.07) is 15.7. The Labute approximate surface area is 188 Å². The largest absolute Gasteiger partial charge is 0.325 e. The van der Waals surface area contributed by atoms with Crippen LogP contribution in [0.15, 0.2) is 53.5 Å². The molecule has 2 aromatic rings. The van der Waals surface area contributed by atoms with Gasteiger partial charge in [-0.05, 0) is 48.2 Å². The molecule has 2 aliphatic rings. The minimum Gasteiger partial charge on any atom is -0.325 e. The maximum absolute atomic E-state index is 12.9. The van der Waals surface area contributed by atoms with Crippen molar-refractivity contribution in [3.05, 3.63) is 59.7 Å². The second-order valence-electron chi connectivity index (χ2n) is 7.92. The van der Waals surface area contributed by atoms with Gasteiger partial charge in [-0.2, -0.15) is 0 Å². The Hall–Kier alpha value is -2.32. The number of carbonyl (C=O) groups is 1. The van der Waals surface area contributed by atoms with Gasteiger partial charge in [-0.25, -0.2) is 8.42 Å². The zero-order chi connectivity index (χ0) is 22.0. The quantitative estimate of drug-likeness (QED) is 0.718. The van der Waals surface area contributed by atoms with Crippen molar-refractivity contribution in [2.45, 2.75) is 38.0 Å². The first-order chi connectivity index (χ1) is 14.9. The number of anilines is 2. The number of carbonyl (C=O) groups excluding carboxylic acids is 1. The smallest absolute Gasteiger partial charge is 0.244 e. The Morgan fingerprint density at radius 3 is 2.23 bits per heavy atom. The van der Waals surface area contributed by atoms with Crippen molar-refractivity contribution in [3.8, 4) is 0 Å². The molecule has 1 saturated heterocycles. The van der Waals surface area contributed by atoms with Crippen LogP contribution in [0.2, 0.25) is 0 Å². The average molecular weight is 458 g/mol. The van der Waals surface area contributed by atoms with Gasteiger partial charge in [0.25, 0.3) is 0 Å². The highest BCUT2D eigenvalue weighted by atomic mass is 32.2. The highest BCUT2D eigenvalue weighted by Gasteiger charge is 2.44. The molecule has 31 heavy (non-hydrogen) atoms. The molecule has 8 heteroatoms. The van der Waals surface area contributed by atoms with E-state index in [9.17, 15) is 13.2 Å². The van der Waals surface area contributed by atoms with Crippen molar-refractivity contribution in [3.63, 3.8) is 0 Å². The maximum Gasteiger partial charge on any atom is 0.244 e. The van der Waals surface area contributed by atoms with Gasteiger partial charge in [-0.3, -0.25) is 9.79 Å². The number of amidine groups is 1. The minimum absolute atomic E-state index is 0.0675. The van der Waals surface area contributed by atoms with E-state index < -0.39 is 9.84 Å². The third-order valence-corrected chi connectivity index (χ3v) is 8.89. The van der Waals surface area contributed by atoms with Crippen LogP contribution in [0.1, 0.15) is 25.0 Å². The fraction of sp³-hybridized carbons (Fsp3) is 0.391. The second kappa shape index (κ2) is 9.04. The highest BCUT2D eigenvalue weighted by Crippen LogP contribution is 2.36. The van der Waals surface area contributed by atoms with E-state index in [-0.39, 0.29) is 35.2 Å². The molecule has 1 N–H and O–H groups in total. The van der Waals surface area contributed by atoms with Crippen molar-refractivity contribution < 1.29 is 13.2 Å². The van der Waals surface area contributed by atoms with Crippen LogP contribution in [-0.4, -0.2) is 48.8 Å². The SMILES string of the molecule is CCc1ccc(NC(=O)CN(C2=N[C@@H]3CS(=O)(=O)C[C@H]3S2)c2ccc(CC)cc2)cc1. The molecule has 0 aliphatic carbocycles. The normalized spacial score (nSPS) is 21.4. The van der Waals surface area contributed by atoms with E-state index in [4.69, 9.17) is 4.99 Å². The average Bonchev–Trinajstić information content (AvgIpc) is 3.26. The number of aryl methyl sites for hydroxylation is 2. The summed E-state index contributed by atoms with van der Waals surface area (Å²) in [5.41, 5.74) is 4.07. The van der Waals surface area contributed by atoms with E-state index in [0.717, 1.165) is 24.2 Å². The summed E-state index contributed by atoms with van der Waals surface area (Å²) >= 11 is 1.47. The summed E-state index contributed by atoms with van der Waals surface area (Å²) in [5.74, 6) is 0.0949. The molecule has 2 atom stereocenters. The standard InChI is InChI=1S/C23H27N3O3S2/c1-3-16-5-9-18(10-6-16)24-22(27)13-26(19-11-7-17(4-2)8-12-19)23-25-20-14-31(28,29)15-21(20)30-23/h5-12,20-21H,3-4,13-15H2,1-2H3,(H,24,27)/t20-,21-/m1/s1. The van der Waals surface area contributed by atoms with Gasteiger partial charge in [0.05, 0.1) is 17.5 Å². The summed E-state index contributed by atoms with van der Waals surface area (Å²) in [5, 5.41) is 3.61. The van der Waals surface area contributed by atoms with Gasteiger partial charge in [0.15, 0.2) is 15.0 Å². The molecule has 4 rings (SSSR count). The molecule has 0 bridgehead atoms. The predicted octanol–water partition coefficient (Wildman–Crippen LogP) is 3.52. The van der Waals surface area contributed by atoms with E-state index in [2.05, 4.69) is 31.3 Å². The zero-order valence-electron chi connectivity index (χ0n) is 17.7. The van der Waals surface area contributed by atoms with Crippen molar-refractivity contribution in [2.24, 2.45) is 4.99 Å². The molecular weight excluding hydrogens is 430 g/mol. The maximum atomic E-state index is 12.9. The molecule has 0 saturated carbocycles. The lowest BCUT2D eigenvalue weighted by molar-refractivity contribution is -0.114. The van der Waals surface area contributed by atoms with Gasteiger partial charge in [0.1, 0.15) is 6.54 Å². The molecule has 1 fully saturated rings. The first-order valence-corrected chi connectivity index (χ1v) is 13.3. The summed E-state index contributed by atoms with van der Waals surface area (Å²) in [7, 11) is -3.02. The fourth-order valence-electron chi connectivity index (χ4n) is 3.82. The number of thioether (sulfide) groups is 1. The topological polar surface area (TPSA) is 78.8 Å². The first kappa shape index (κ1) is 21.9. The van der Waals surface area contributed by atoms with Gasteiger partial charge in [0.2, 0.25) is 5.91 Å². The molecule has 1 amide bonds. The second-order valence-corrected chi connectivity index (χ2v) is 11.3. The molecule has 0 spiro atoms. The van der Waals surface area contributed by atoms with Crippen LogP contribution in [0, 0.1) is 0 Å². The number of benzene rings is 2. The van der Waals surface area contributed by atoms with Crippen LogP contribution in [0.5, 0.6) is 0 Å². The Balaban J connectivity index is 1.54. The van der Waals surface area contributed by atoms with Crippen LogP contribution in [0.25, 0.3) is 0 Å². The third kappa shape index (κ3) is 5.13. The van der Waals surface area contributed by atoms with E-state index in [1.54, 1.807) is 0 Å². The predicted molar refractivity (Wildman–Crippen MR) is 129 cm³/mol. The van der Waals surface area contributed by atoms with E-state index in [1.165, 1.54) is 22.9 Å². The summed E-state index contributed by atoms with van der Waals surface area (Å²) < 4.78 is 23.9. The van der Waals surface area contributed by atoms with E-state index >= 15 is 0 Å². The number of rotatable bonds is 6. The number of fused-ring (bicyclic) bond motifs is 1. The van der Waals surface area contributed by atoms with E-state index in [1.807, 2.05) is 41.3 Å². The molecule has 6 nitrogen and oxygen atoms in total. The van der Waals surface area contributed by atoms with Gasteiger partial charge in [-0.15, -0.1) is 0 Å². The summed E-state index contributed by atoms with van der Waals surface area (Å²) in [6.07, 6.45) is 1.89. The van der Waals surface area contributed by atoms with Gasteiger partial charge in [0, 0.05) is 16.6 Å². The van der Waals surface area contributed by atoms with Crippen LogP contribution >= 0.6 is 11.8 Å². The molecule has 2 aromatic carbocycles. The number of amides is 1. The molecule has 164 valence electrons. The molecule has 2 heterocycles. The number of nitrogens with zero attached hydrogens (tertiary/aromatic N) is 2. The minimum atomic E-state index is -3.02. The Bertz CT molecular complexity index is 1080.